The van der Waals surface area contributed by atoms with E-state index in [2.05, 4.69) is 36.3 Å². The molecular weight excluding hydrogens is 212 g/mol. The van der Waals surface area contributed by atoms with Gasteiger partial charge in [-0.1, -0.05) is 29.8 Å². The lowest BCUT2D eigenvalue weighted by Crippen LogP contribution is -2.07. The normalized spacial score (nSPS) is 12.6. The fourth-order valence-corrected chi connectivity index (χ4v) is 1.99. The van der Waals surface area contributed by atoms with Gasteiger partial charge in [-0.05, 0) is 24.5 Å². The Morgan fingerprint density at radius 1 is 1.29 bits per heavy atom. The Bertz CT molecular complexity index is 473. The van der Waals surface area contributed by atoms with Crippen LogP contribution in [0.3, 0.4) is 0 Å². The quantitative estimate of drug-likeness (QED) is 0.873. The summed E-state index contributed by atoms with van der Waals surface area (Å²) in [5, 5.41) is 13.6. The topological polar surface area (TPSA) is 38.1 Å². The summed E-state index contributed by atoms with van der Waals surface area (Å²) >= 11 is 0. The smallest absolute Gasteiger partial charge is 0.0521 e. The average molecular weight is 230 g/mol. The van der Waals surface area contributed by atoms with Crippen LogP contribution in [-0.4, -0.2) is 21.5 Å². The maximum atomic E-state index is 9.49. The van der Waals surface area contributed by atoms with Crippen molar-refractivity contribution >= 4 is 0 Å². The Morgan fingerprint density at radius 2 is 2.00 bits per heavy atom. The molecule has 2 aromatic rings. The monoisotopic (exact) mass is 230 g/mol. The molecule has 0 spiro atoms. The fourth-order valence-electron chi connectivity index (χ4n) is 1.99. The maximum Gasteiger partial charge on any atom is 0.0521 e. The first-order chi connectivity index (χ1) is 8.19. The summed E-state index contributed by atoms with van der Waals surface area (Å²) in [5.41, 5.74) is 3.58. The van der Waals surface area contributed by atoms with E-state index in [0.717, 1.165) is 12.0 Å². The Morgan fingerprint density at radius 3 is 2.53 bits per heavy atom. The minimum absolute atomic E-state index is 0.153. The molecule has 0 saturated carbocycles. The molecule has 1 N–H and O–H groups in total. The van der Waals surface area contributed by atoms with Crippen molar-refractivity contribution < 1.29 is 5.11 Å². The zero-order valence-corrected chi connectivity index (χ0v) is 10.3. The van der Waals surface area contributed by atoms with Crippen LogP contribution in [0.4, 0.5) is 0 Å². The summed E-state index contributed by atoms with van der Waals surface area (Å²) < 4.78 is 1.79. The second-order valence-electron chi connectivity index (χ2n) is 4.52. The van der Waals surface area contributed by atoms with Gasteiger partial charge in [-0.15, -0.1) is 0 Å². The van der Waals surface area contributed by atoms with Crippen LogP contribution >= 0.6 is 0 Å². The van der Waals surface area contributed by atoms with Crippen LogP contribution in [0, 0.1) is 6.92 Å². The molecule has 0 amide bonds. The summed E-state index contributed by atoms with van der Waals surface area (Å²) in [5.74, 6) is 0.153. The van der Waals surface area contributed by atoms with Crippen molar-refractivity contribution in [3.63, 3.8) is 0 Å². The van der Waals surface area contributed by atoms with Crippen LogP contribution < -0.4 is 0 Å². The van der Waals surface area contributed by atoms with Gasteiger partial charge in [-0.25, -0.2) is 0 Å². The predicted octanol–water partition coefficient (Wildman–Crippen LogP) is 2.05. The highest BCUT2D eigenvalue weighted by Gasteiger charge is 2.12. The number of aryl methyl sites for hydroxylation is 2. The molecule has 2 rings (SSSR count). The van der Waals surface area contributed by atoms with Crippen molar-refractivity contribution in [3.05, 3.63) is 53.3 Å². The number of aromatic nitrogens is 2. The van der Waals surface area contributed by atoms with Gasteiger partial charge < -0.3 is 5.11 Å². The summed E-state index contributed by atoms with van der Waals surface area (Å²) in [6.45, 7) is 2.23. The van der Waals surface area contributed by atoms with Crippen LogP contribution in [0.1, 0.15) is 22.6 Å². The molecular formula is C14H18N2O. The highest BCUT2D eigenvalue weighted by Crippen LogP contribution is 2.20. The SMILES string of the molecule is Cc1ccc(C(CO)Cc2cnn(C)c2)cc1. The van der Waals surface area contributed by atoms with Crippen LogP contribution in [0.5, 0.6) is 0 Å². The molecule has 3 heteroatoms. The van der Waals surface area contributed by atoms with E-state index in [9.17, 15) is 5.11 Å². The van der Waals surface area contributed by atoms with Crippen LogP contribution in [0.25, 0.3) is 0 Å². The lowest BCUT2D eigenvalue weighted by atomic mass is 9.93. The molecule has 0 bridgehead atoms. The molecule has 0 aliphatic carbocycles. The van der Waals surface area contributed by atoms with Crippen LogP contribution in [0.2, 0.25) is 0 Å². The molecule has 0 aliphatic heterocycles. The van der Waals surface area contributed by atoms with E-state index < -0.39 is 0 Å². The molecule has 0 saturated heterocycles. The third-order valence-electron chi connectivity index (χ3n) is 3.01. The lowest BCUT2D eigenvalue weighted by molar-refractivity contribution is 0.264. The Labute approximate surface area is 102 Å². The number of nitrogens with zero attached hydrogens (tertiary/aromatic N) is 2. The second kappa shape index (κ2) is 5.15. The number of hydrogen-bond acceptors (Lipinski definition) is 2. The van der Waals surface area contributed by atoms with E-state index in [-0.39, 0.29) is 12.5 Å². The van der Waals surface area contributed by atoms with Gasteiger partial charge in [0.15, 0.2) is 0 Å². The molecule has 3 nitrogen and oxygen atoms in total. The molecule has 1 aromatic carbocycles. The van der Waals surface area contributed by atoms with Gasteiger partial charge in [0.1, 0.15) is 0 Å². The fraction of sp³-hybridized carbons (Fsp3) is 0.357. The molecule has 0 aliphatic rings. The molecule has 90 valence electrons. The highest BCUT2D eigenvalue weighted by molar-refractivity contribution is 5.26. The highest BCUT2D eigenvalue weighted by atomic mass is 16.3. The first-order valence-corrected chi connectivity index (χ1v) is 5.84. The van der Waals surface area contributed by atoms with E-state index in [1.807, 2.05) is 19.4 Å². The molecule has 1 aromatic heterocycles. The van der Waals surface area contributed by atoms with Crippen molar-refractivity contribution in [2.45, 2.75) is 19.3 Å². The number of benzene rings is 1. The Kier molecular flexibility index (Phi) is 3.59. The summed E-state index contributed by atoms with van der Waals surface area (Å²) in [4.78, 5) is 0. The molecule has 1 heterocycles. The van der Waals surface area contributed by atoms with Gasteiger partial charge in [0, 0.05) is 19.2 Å². The van der Waals surface area contributed by atoms with Crippen molar-refractivity contribution in [1.29, 1.82) is 0 Å². The van der Waals surface area contributed by atoms with Gasteiger partial charge in [0.05, 0.1) is 12.8 Å². The van der Waals surface area contributed by atoms with Gasteiger partial charge >= 0.3 is 0 Å². The Balaban J connectivity index is 2.13. The molecule has 17 heavy (non-hydrogen) atoms. The minimum Gasteiger partial charge on any atom is -0.396 e. The third kappa shape index (κ3) is 2.94. The first kappa shape index (κ1) is 11.9. The minimum atomic E-state index is 0.153. The van der Waals surface area contributed by atoms with Crippen LogP contribution in [0.15, 0.2) is 36.7 Å². The number of aliphatic hydroxyl groups is 1. The van der Waals surface area contributed by atoms with E-state index in [1.165, 1.54) is 11.1 Å². The second-order valence-corrected chi connectivity index (χ2v) is 4.52. The molecule has 1 unspecified atom stereocenters. The van der Waals surface area contributed by atoms with Gasteiger partial charge in [-0.3, -0.25) is 4.68 Å². The molecule has 1 atom stereocenters. The number of hydrogen-bond donors (Lipinski definition) is 1. The summed E-state index contributed by atoms with van der Waals surface area (Å²) in [7, 11) is 1.91. The summed E-state index contributed by atoms with van der Waals surface area (Å²) in [6.07, 6.45) is 4.68. The zero-order valence-electron chi connectivity index (χ0n) is 10.3. The van der Waals surface area contributed by atoms with E-state index >= 15 is 0 Å². The molecule has 0 fully saturated rings. The van der Waals surface area contributed by atoms with Gasteiger partial charge in [0.25, 0.3) is 0 Å². The van der Waals surface area contributed by atoms with E-state index in [1.54, 1.807) is 4.68 Å². The first-order valence-electron chi connectivity index (χ1n) is 5.84. The van der Waals surface area contributed by atoms with Crippen molar-refractivity contribution in [2.75, 3.05) is 6.61 Å². The average Bonchev–Trinajstić information content (AvgIpc) is 2.73. The zero-order chi connectivity index (χ0) is 12.3. The number of aliphatic hydroxyl groups excluding tert-OH is 1. The predicted molar refractivity (Wildman–Crippen MR) is 67.9 cm³/mol. The van der Waals surface area contributed by atoms with E-state index in [4.69, 9.17) is 0 Å². The van der Waals surface area contributed by atoms with Crippen molar-refractivity contribution in [1.82, 2.24) is 9.78 Å². The van der Waals surface area contributed by atoms with E-state index in [0.29, 0.717) is 0 Å². The number of rotatable bonds is 4. The van der Waals surface area contributed by atoms with Gasteiger partial charge in [-0.2, -0.15) is 5.10 Å². The van der Waals surface area contributed by atoms with Crippen molar-refractivity contribution in [3.8, 4) is 0 Å². The largest absolute Gasteiger partial charge is 0.396 e. The third-order valence-corrected chi connectivity index (χ3v) is 3.01. The standard InChI is InChI=1S/C14H18N2O/c1-11-3-5-13(6-4-11)14(10-17)7-12-8-15-16(2)9-12/h3-6,8-9,14,17H,7,10H2,1-2H3. The van der Waals surface area contributed by atoms with Crippen LogP contribution in [-0.2, 0) is 13.5 Å². The maximum absolute atomic E-state index is 9.49. The Hall–Kier alpha value is -1.61. The van der Waals surface area contributed by atoms with Crippen molar-refractivity contribution in [2.24, 2.45) is 7.05 Å². The molecule has 0 radical (unpaired) electrons. The lowest BCUT2D eigenvalue weighted by Gasteiger charge is -2.13. The summed E-state index contributed by atoms with van der Waals surface area (Å²) in [6, 6.07) is 8.35. The van der Waals surface area contributed by atoms with Gasteiger partial charge in [0.2, 0.25) is 0 Å².